The molecule has 3 rings (SSSR count). The number of carbonyl (C=O) groups is 3. The molecule has 0 spiro atoms. The minimum Gasteiger partial charge on any atom is -0.481 e. The van der Waals surface area contributed by atoms with Crippen LogP contribution < -0.4 is 10.6 Å². The van der Waals surface area contributed by atoms with Crippen molar-refractivity contribution < 1.29 is 24.2 Å². The summed E-state index contributed by atoms with van der Waals surface area (Å²) in [6.07, 6.45) is 5.65. The average Bonchev–Trinajstić information content (AvgIpc) is 3.18. The summed E-state index contributed by atoms with van der Waals surface area (Å²) in [4.78, 5) is 36.3. The maximum absolute atomic E-state index is 12.6. The molecule has 7 heteroatoms. The van der Waals surface area contributed by atoms with E-state index in [1.165, 1.54) is 19.3 Å². The standard InChI is InChI=1S/C28H36N2O5/c1-2-3-4-5-6-11-18-29-27(33)25(16-17-26(31)32)30-28(34)35-19-24-22-14-9-7-12-20(22)21-13-8-10-15-23(21)24/h7-10,12-15,24-25H,2-6,11,16-19H2,1H3,(H,29,33)(H,30,34)(H,31,32). The Labute approximate surface area is 207 Å². The van der Waals surface area contributed by atoms with Crippen LogP contribution in [0.3, 0.4) is 0 Å². The van der Waals surface area contributed by atoms with Crippen LogP contribution in [0, 0.1) is 0 Å². The summed E-state index contributed by atoms with van der Waals surface area (Å²) in [7, 11) is 0. The Bertz CT molecular complexity index is 961. The van der Waals surface area contributed by atoms with Gasteiger partial charge in [0.1, 0.15) is 12.6 Å². The summed E-state index contributed by atoms with van der Waals surface area (Å²) in [6, 6.07) is 15.1. The average molecular weight is 481 g/mol. The third kappa shape index (κ3) is 7.57. The van der Waals surface area contributed by atoms with Crippen LogP contribution >= 0.6 is 0 Å². The van der Waals surface area contributed by atoms with Crippen LogP contribution in [-0.4, -0.2) is 42.3 Å². The molecule has 2 amide bonds. The van der Waals surface area contributed by atoms with Gasteiger partial charge in [0.25, 0.3) is 0 Å². The van der Waals surface area contributed by atoms with Crippen molar-refractivity contribution in [3.63, 3.8) is 0 Å². The molecule has 1 atom stereocenters. The first-order valence-corrected chi connectivity index (χ1v) is 12.6. The van der Waals surface area contributed by atoms with Crippen molar-refractivity contribution in [2.45, 2.75) is 70.3 Å². The molecule has 2 aromatic rings. The highest BCUT2D eigenvalue weighted by atomic mass is 16.5. The number of nitrogens with one attached hydrogen (secondary N) is 2. The lowest BCUT2D eigenvalue weighted by Crippen LogP contribution is -2.47. The molecule has 0 fully saturated rings. The molecular formula is C28H36N2O5. The smallest absolute Gasteiger partial charge is 0.407 e. The van der Waals surface area contributed by atoms with Crippen LogP contribution in [0.2, 0.25) is 0 Å². The first kappa shape index (κ1) is 26.3. The normalized spacial score (nSPS) is 12.9. The van der Waals surface area contributed by atoms with Crippen LogP contribution in [0.25, 0.3) is 11.1 Å². The zero-order valence-electron chi connectivity index (χ0n) is 20.4. The number of fused-ring (bicyclic) bond motifs is 3. The van der Waals surface area contributed by atoms with E-state index < -0.39 is 18.1 Å². The summed E-state index contributed by atoms with van der Waals surface area (Å²) in [6.45, 7) is 2.80. The van der Waals surface area contributed by atoms with E-state index in [4.69, 9.17) is 9.84 Å². The molecule has 1 aliphatic carbocycles. The van der Waals surface area contributed by atoms with E-state index in [0.29, 0.717) is 6.54 Å². The van der Waals surface area contributed by atoms with Gasteiger partial charge in [0, 0.05) is 18.9 Å². The number of unbranched alkanes of at least 4 members (excludes halogenated alkanes) is 5. The van der Waals surface area contributed by atoms with Crippen LogP contribution in [0.5, 0.6) is 0 Å². The fourth-order valence-electron chi connectivity index (χ4n) is 4.56. The summed E-state index contributed by atoms with van der Waals surface area (Å²) in [5.74, 6) is -1.49. The van der Waals surface area contributed by atoms with Crippen LogP contribution in [-0.2, 0) is 14.3 Å². The third-order valence-electron chi connectivity index (χ3n) is 6.43. The predicted octanol–water partition coefficient (Wildman–Crippen LogP) is 5.24. The summed E-state index contributed by atoms with van der Waals surface area (Å²) in [5, 5.41) is 14.5. The van der Waals surface area contributed by atoms with Crippen molar-refractivity contribution in [2.24, 2.45) is 0 Å². The van der Waals surface area contributed by atoms with Crippen molar-refractivity contribution in [3.8, 4) is 11.1 Å². The predicted molar refractivity (Wildman–Crippen MR) is 135 cm³/mol. The Morgan fingerprint density at radius 2 is 1.51 bits per heavy atom. The van der Waals surface area contributed by atoms with Gasteiger partial charge < -0.3 is 20.5 Å². The molecule has 3 N–H and O–H groups in total. The van der Waals surface area contributed by atoms with Gasteiger partial charge in [-0.3, -0.25) is 9.59 Å². The minimum absolute atomic E-state index is 0.00185. The zero-order chi connectivity index (χ0) is 25.0. The summed E-state index contributed by atoms with van der Waals surface area (Å²) in [5.41, 5.74) is 4.46. The molecule has 0 bridgehead atoms. The second kappa shape index (κ2) is 13.5. The molecule has 0 saturated carbocycles. The fourth-order valence-corrected chi connectivity index (χ4v) is 4.56. The number of ether oxygens (including phenoxy) is 1. The number of benzene rings is 2. The lowest BCUT2D eigenvalue weighted by molar-refractivity contribution is -0.137. The number of carbonyl (C=O) groups excluding carboxylic acids is 2. The number of hydrogen-bond acceptors (Lipinski definition) is 4. The van der Waals surface area contributed by atoms with E-state index in [9.17, 15) is 14.4 Å². The van der Waals surface area contributed by atoms with Gasteiger partial charge in [-0.15, -0.1) is 0 Å². The van der Waals surface area contributed by atoms with Crippen molar-refractivity contribution in [1.82, 2.24) is 10.6 Å². The van der Waals surface area contributed by atoms with E-state index in [1.807, 2.05) is 36.4 Å². The van der Waals surface area contributed by atoms with Gasteiger partial charge in [-0.25, -0.2) is 4.79 Å². The molecule has 0 aliphatic heterocycles. The van der Waals surface area contributed by atoms with Crippen molar-refractivity contribution >= 4 is 18.0 Å². The quantitative estimate of drug-likeness (QED) is 0.321. The molecule has 1 unspecified atom stereocenters. The highest BCUT2D eigenvalue weighted by molar-refractivity contribution is 5.86. The molecular weight excluding hydrogens is 444 g/mol. The van der Waals surface area contributed by atoms with E-state index in [-0.39, 0.29) is 31.3 Å². The van der Waals surface area contributed by atoms with Crippen LogP contribution in [0.15, 0.2) is 48.5 Å². The Morgan fingerprint density at radius 1 is 0.914 bits per heavy atom. The van der Waals surface area contributed by atoms with E-state index in [2.05, 4.69) is 29.7 Å². The molecule has 35 heavy (non-hydrogen) atoms. The van der Waals surface area contributed by atoms with Gasteiger partial charge in [-0.2, -0.15) is 0 Å². The topological polar surface area (TPSA) is 105 Å². The second-order valence-corrected chi connectivity index (χ2v) is 9.01. The van der Waals surface area contributed by atoms with Crippen molar-refractivity contribution in [3.05, 3.63) is 59.7 Å². The number of carboxylic acid groups (broad SMARTS) is 1. The maximum atomic E-state index is 12.6. The van der Waals surface area contributed by atoms with Gasteiger partial charge in [-0.05, 0) is 35.1 Å². The minimum atomic E-state index is -1.02. The molecule has 0 saturated heterocycles. The number of amides is 2. The monoisotopic (exact) mass is 480 g/mol. The SMILES string of the molecule is CCCCCCCCNC(=O)C(CCC(=O)O)NC(=O)OCC1c2ccccc2-c2ccccc21. The summed E-state index contributed by atoms with van der Waals surface area (Å²) < 4.78 is 5.53. The van der Waals surface area contributed by atoms with E-state index >= 15 is 0 Å². The van der Waals surface area contributed by atoms with Crippen LogP contribution in [0.4, 0.5) is 4.79 Å². The Kier molecular flexibility index (Phi) is 10.1. The first-order valence-electron chi connectivity index (χ1n) is 12.6. The van der Waals surface area contributed by atoms with E-state index in [1.54, 1.807) is 0 Å². The Balaban J connectivity index is 1.53. The molecule has 0 aromatic heterocycles. The number of aliphatic carboxylic acids is 1. The Morgan fingerprint density at radius 3 is 2.14 bits per heavy atom. The number of hydrogen-bond donors (Lipinski definition) is 3. The van der Waals surface area contributed by atoms with Gasteiger partial charge in [0.15, 0.2) is 0 Å². The highest BCUT2D eigenvalue weighted by Gasteiger charge is 2.29. The largest absolute Gasteiger partial charge is 0.481 e. The zero-order valence-corrected chi connectivity index (χ0v) is 20.4. The van der Waals surface area contributed by atoms with Gasteiger partial charge >= 0.3 is 12.1 Å². The van der Waals surface area contributed by atoms with Crippen molar-refractivity contribution in [2.75, 3.05) is 13.2 Å². The molecule has 0 heterocycles. The molecule has 1 aliphatic rings. The molecule has 7 nitrogen and oxygen atoms in total. The molecule has 0 radical (unpaired) electrons. The highest BCUT2D eigenvalue weighted by Crippen LogP contribution is 2.44. The Hall–Kier alpha value is -3.35. The lowest BCUT2D eigenvalue weighted by Gasteiger charge is -2.19. The molecule has 188 valence electrons. The molecule has 2 aromatic carbocycles. The van der Waals surface area contributed by atoms with Gasteiger partial charge in [0.2, 0.25) is 5.91 Å². The van der Waals surface area contributed by atoms with Crippen molar-refractivity contribution in [1.29, 1.82) is 0 Å². The second-order valence-electron chi connectivity index (χ2n) is 9.01. The first-order chi connectivity index (χ1) is 17.0. The van der Waals surface area contributed by atoms with Crippen LogP contribution in [0.1, 0.15) is 75.3 Å². The van der Waals surface area contributed by atoms with Gasteiger partial charge in [0.05, 0.1) is 0 Å². The maximum Gasteiger partial charge on any atom is 0.407 e. The fraction of sp³-hybridized carbons (Fsp3) is 0.464. The van der Waals surface area contributed by atoms with Gasteiger partial charge in [-0.1, -0.05) is 87.6 Å². The number of carboxylic acids is 1. The number of alkyl carbamates (subject to hydrolysis) is 1. The van der Waals surface area contributed by atoms with E-state index in [0.717, 1.165) is 41.5 Å². The summed E-state index contributed by atoms with van der Waals surface area (Å²) >= 11 is 0. The third-order valence-corrected chi connectivity index (χ3v) is 6.43. The lowest BCUT2D eigenvalue weighted by atomic mass is 9.98. The number of rotatable bonds is 14.